The highest BCUT2D eigenvalue weighted by Gasteiger charge is 2.22. The highest BCUT2D eigenvalue weighted by atomic mass is 16.5. The van der Waals surface area contributed by atoms with Gasteiger partial charge in [-0.15, -0.1) is 0 Å². The van der Waals surface area contributed by atoms with E-state index in [0.29, 0.717) is 29.4 Å². The van der Waals surface area contributed by atoms with Gasteiger partial charge in [0.15, 0.2) is 0 Å². The highest BCUT2D eigenvalue weighted by molar-refractivity contribution is 5.91. The van der Waals surface area contributed by atoms with Crippen molar-refractivity contribution in [1.82, 2.24) is 0 Å². The van der Waals surface area contributed by atoms with Gasteiger partial charge in [-0.3, -0.25) is 4.79 Å². The number of carbonyl (C=O) groups excluding carboxylic acids is 2. The molecule has 0 radical (unpaired) electrons. The topological polar surface area (TPSA) is 52.6 Å². The second-order valence-corrected chi connectivity index (χ2v) is 9.27. The van der Waals surface area contributed by atoms with Crippen molar-refractivity contribution in [3.8, 4) is 11.5 Å². The first-order chi connectivity index (χ1) is 16.1. The summed E-state index contributed by atoms with van der Waals surface area (Å²) in [7, 11) is 0. The molecule has 3 rings (SSSR count). The Morgan fingerprint density at radius 3 is 2.00 bits per heavy atom. The van der Waals surface area contributed by atoms with Gasteiger partial charge in [-0.1, -0.05) is 58.1 Å². The van der Waals surface area contributed by atoms with Gasteiger partial charge < -0.3 is 9.47 Å². The van der Waals surface area contributed by atoms with Crippen LogP contribution < -0.4 is 9.47 Å². The summed E-state index contributed by atoms with van der Waals surface area (Å²) in [4.78, 5) is 24.1. The minimum atomic E-state index is -0.381. The molecule has 2 aromatic carbocycles. The summed E-state index contributed by atoms with van der Waals surface area (Å²) in [6, 6.07) is 14.5. The summed E-state index contributed by atoms with van der Waals surface area (Å²) in [5, 5.41) is 0. The zero-order valence-corrected chi connectivity index (χ0v) is 20.2. The van der Waals surface area contributed by atoms with Crippen molar-refractivity contribution in [2.24, 2.45) is 5.92 Å². The number of ether oxygens (including phenoxy) is 2. The molecular weight excluding hydrogens is 412 g/mol. The maximum absolute atomic E-state index is 12.5. The average molecular weight is 451 g/mol. The molecule has 0 N–H and O–H groups in total. The van der Waals surface area contributed by atoms with Crippen molar-refractivity contribution in [1.29, 1.82) is 0 Å². The first kappa shape index (κ1) is 25.0. The lowest BCUT2D eigenvalue weighted by Crippen LogP contribution is -2.14. The fraction of sp³-hybridized carbons (Fsp3) is 0.517. The molecule has 0 heterocycles. The Hall–Kier alpha value is -2.62. The summed E-state index contributed by atoms with van der Waals surface area (Å²) in [5.74, 6) is 1.74. The van der Waals surface area contributed by atoms with E-state index in [1.165, 1.54) is 63.4 Å². The van der Waals surface area contributed by atoms with Gasteiger partial charge in [-0.25, -0.2) is 4.79 Å². The van der Waals surface area contributed by atoms with Gasteiger partial charge in [-0.2, -0.15) is 0 Å². The molecule has 178 valence electrons. The number of rotatable bonds is 11. The molecule has 1 fully saturated rings. The molecule has 0 spiro atoms. The molecule has 0 aromatic heterocycles. The normalized spacial score (nSPS) is 18.0. The van der Waals surface area contributed by atoms with Gasteiger partial charge in [0.1, 0.15) is 11.5 Å². The first-order valence-electron chi connectivity index (χ1n) is 12.7. The van der Waals surface area contributed by atoms with E-state index in [1.807, 2.05) is 19.1 Å². The number of esters is 2. The SMILES string of the molecule is CCCCCCC1CCC(c2ccc(C(=O)Oc3ccc(OC(=O)CCC)cc3)cc2)CC1. The third kappa shape index (κ3) is 8.03. The van der Waals surface area contributed by atoms with Crippen LogP contribution in [-0.4, -0.2) is 11.9 Å². The number of benzene rings is 2. The van der Waals surface area contributed by atoms with Crippen LogP contribution in [-0.2, 0) is 4.79 Å². The molecule has 0 saturated heterocycles. The maximum Gasteiger partial charge on any atom is 0.343 e. The smallest absolute Gasteiger partial charge is 0.343 e. The van der Waals surface area contributed by atoms with Crippen molar-refractivity contribution < 1.29 is 19.1 Å². The molecule has 1 saturated carbocycles. The van der Waals surface area contributed by atoms with E-state index < -0.39 is 0 Å². The first-order valence-corrected chi connectivity index (χ1v) is 12.7. The minimum absolute atomic E-state index is 0.261. The fourth-order valence-corrected chi connectivity index (χ4v) is 4.66. The minimum Gasteiger partial charge on any atom is -0.427 e. The van der Waals surface area contributed by atoms with Gasteiger partial charge in [0, 0.05) is 6.42 Å². The van der Waals surface area contributed by atoms with Crippen LogP contribution in [0.4, 0.5) is 0 Å². The van der Waals surface area contributed by atoms with Crippen molar-refractivity contribution in [3.05, 3.63) is 59.7 Å². The van der Waals surface area contributed by atoms with E-state index in [0.717, 1.165) is 12.3 Å². The van der Waals surface area contributed by atoms with Crippen molar-refractivity contribution in [3.63, 3.8) is 0 Å². The van der Waals surface area contributed by atoms with E-state index >= 15 is 0 Å². The lowest BCUT2D eigenvalue weighted by Gasteiger charge is -2.29. The molecule has 0 bridgehead atoms. The fourth-order valence-electron chi connectivity index (χ4n) is 4.66. The lowest BCUT2D eigenvalue weighted by molar-refractivity contribution is -0.134. The average Bonchev–Trinajstić information content (AvgIpc) is 2.84. The Morgan fingerprint density at radius 1 is 0.758 bits per heavy atom. The molecule has 1 aliphatic rings. The molecule has 2 aromatic rings. The lowest BCUT2D eigenvalue weighted by atomic mass is 9.77. The third-order valence-corrected chi connectivity index (χ3v) is 6.65. The Labute approximate surface area is 198 Å². The zero-order chi connectivity index (χ0) is 23.5. The second kappa shape index (κ2) is 13.2. The third-order valence-electron chi connectivity index (χ3n) is 6.65. The van der Waals surface area contributed by atoms with E-state index in [1.54, 1.807) is 24.3 Å². The van der Waals surface area contributed by atoms with E-state index in [4.69, 9.17) is 9.47 Å². The van der Waals surface area contributed by atoms with Gasteiger partial charge >= 0.3 is 11.9 Å². The molecule has 1 aliphatic carbocycles. The molecule has 33 heavy (non-hydrogen) atoms. The molecule has 0 unspecified atom stereocenters. The van der Waals surface area contributed by atoms with Crippen LogP contribution in [0.5, 0.6) is 11.5 Å². The summed E-state index contributed by atoms with van der Waals surface area (Å²) >= 11 is 0. The number of unbranched alkanes of at least 4 members (excludes halogenated alkanes) is 3. The van der Waals surface area contributed by atoms with E-state index in [9.17, 15) is 9.59 Å². The second-order valence-electron chi connectivity index (χ2n) is 9.27. The molecule has 0 amide bonds. The maximum atomic E-state index is 12.5. The van der Waals surface area contributed by atoms with Crippen LogP contribution in [0.25, 0.3) is 0 Å². The van der Waals surface area contributed by atoms with Crippen LogP contribution in [0.1, 0.15) is 106 Å². The Kier molecular flexibility index (Phi) is 9.99. The van der Waals surface area contributed by atoms with Crippen LogP contribution in [0.3, 0.4) is 0 Å². The monoisotopic (exact) mass is 450 g/mol. The Morgan fingerprint density at radius 2 is 1.39 bits per heavy atom. The Bertz CT molecular complexity index is 861. The standard InChI is InChI=1S/C29H38O4/c1-3-5-6-7-9-22-10-12-23(13-11-22)24-14-16-25(17-15-24)29(31)33-27-20-18-26(19-21-27)32-28(30)8-4-2/h14-23H,3-13H2,1-2H3. The van der Waals surface area contributed by atoms with Crippen LogP contribution >= 0.6 is 0 Å². The van der Waals surface area contributed by atoms with Crippen LogP contribution in [0.15, 0.2) is 48.5 Å². The molecule has 0 aliphatic heterocycles. The summed E-state index contributed by atoms with van der Waals surface area (Å²) < 4.78 is 10.7. The zero-order valence-electron chi connectivity index (χ0n) is 20.2. The molecule has 0 atom stereocenters. The number of hydrogen-bond acceptors (Lipinski definition) is 4. The van der Waals surface area contributed by atoms with Gasteiger partial charge in [0.05, 0.1) is 5.56 Å². The van der Waals surface area contributed by atoms with Crippen molar-refractivity contribution >= 4 is 11.9 Å². The van der Waals surface area contributed by atoms with Crippen molar-refractivity contribution in [2.75, 3.05) is 0 Å². The molecular formula is C29H38O4. The van der Waals surface area contributed by atoms with E-state index in [2.05, 4.69) is 19.1 Å². The van der Waals surface area contributed by atoms with Gasteiger partial charge in [-0.05, 0) is 85.9 Å². The quantitative estimate of drug-likeness (QED) is 0.199. The van der Waals surface area contributed by atoms with Gasteiger partial charge in [0.2, 0.25) is 0 Å². The van der Waals surface area contributed by atoms with Crippen LogP contribution in [0.2, 0.25) is 0 Å². The largest absolute Gasteiger partial charge is 0.427 e. The summed E-state index contributed by atoms with van der Waals surface area (Å²) in [6.07, 6.45) is 13.1. The van der Waals surface area contributed by atoms with E-state index in [-0.39, 0.29) is 11.9 Å². The van der Waals surface area contributed by atoms with Crippen molar-refractivity contribution in [2.45, 2.75) is 90.4 Å². The highest BCUT2D eigenvalue weighted by Crippen LogP contribution is 2.37. The molecule has 4 nitrogen and oxygen atoms in total. The Balaban J connectivity index is 1.46. The summed E-state index contributed by atoms with van der Waals surface area (Å²) in [6.45, 7) is 4.19. The predicted molar refractivity (Wildman–Crippen MR) is 132 cm³/mol. The summed E-state index contributed by atoms with van der Waals surface area (Å²) in [5.41, 5.74) is 1.87. The number of carbonyl (C=O) groups is 2. The van der Waals surface area contributed by atoms with Gasteiger partial charge in [0.25, 0.3) is 0 Å². The molecule has 4 heteroatoms. The van der Waals surface area contributed by atoms with Crippen LogP contribution in [0, 0.1) is 5.92 Å². The number of hydrogen-bond donors (Lipinski definition) is 0. The predicted octanol–water partition coefficient (Wildman–Crippen LogP) is 7.86.